The first-order valence-corrected chi connectivity index (χ1v) is 6.39. The Morgan fingerprint density at radius 2 is 2.47 bits per heavy atom. The van der Waals surface area contributed by atoms with Crippen molar-refractivity contribution in [2.75, 3.05) is 6.54 Å². The van der Waals surface area contributed by atoms with E-state index in [0.29, 0.717) is 5.15 Å². The molecule has 2 heterocycles. The van der Waals surface area contributed by atoms with Crippen LogP contribution in [0, 0.1) is 0 Å². The summed E-state index contributed by atoms with van der Waals surface area (Å²) in [6, 6.07) is 0. The van der Waals surface area contributed by atoms with Crippen molar-refractivity contribution < 1.29 is 0 Å². The van der Waals surface area contributed by atoms with E-state index in [9.17, 15) is 0 Å². The molecule has 1 N–H and O–H groups in total. The summed E-state index contributed by atoms with van der Waals surface area (Å²) >= 11 is 7.66. The lowest BCUT2D eigenvalue weighted by Gasteiger charge is -2.02. The first kappa shape index (κ1) is 10.9. The van der Waals surface area contributed by atoms with E-state index in [-0.39, 0.29) is 0 Å². The van der Waals surface area contributed by atoms with Gasteiger partial charge in [-0.15, -0.1) is 11.3 Å². The Bertz CT molecular complexity index is 435. The highest BCUT2D eigenvalue weighted by molar-refractivity contribution is 7.15. The zero-order valence-electron chi connectivity index (χ0n) is 8.66. The van der Waals surface area contributed by atoms with Gasteiger partial charge >= 0.3 is 0 Å². The fourth-order valence-electron chi connectivity index (χ4n) is 1.47. The van der Waals surface area contributed by atoms with Crippen LogP contribution < -0.4 is 5.32 Å². The second kappa shape index (κ2) is 4.96. The maximum atomic E-state index is 6.06. The number of rotatable bonds is 5. The van der Waals surface area contributed by atoms with E-state index in [4.69, 9.17) is 11.6 Å². The normalized spacial score (nSPS) is 11.3. The molecule has 3 nitrogen and oxygen atoms in total. The summed E-state index contributed by atoms with van der Waals surface area (Å²) in [5.74, 6) is 0. The molecule has 0 aliphatic carbocycles. The Hall–Kier alpha value is -0.580. The van der Waals surface area contributed by atoms with Gasteiger partial charge in [0.05, 0.1) is 5.69 Å². The fraction of sp³-hybridized carbons (Fsp3) is 0.500. The number of fused-ring (bicyclic) bond motifs is 1. The van der Waals surface area contributed by atoms with Gasteiger partial charge in [0.15, 0.2) is 10.1 Å². The van der Waals surface area contributed by atoms with Crippen LogP contribution in [0.25, 0.3) is 4.96 Å². The van der Waals surface area contributed by atoms with Gasteiger partial charge in [-0.3, -0.25) is 4.40 Å². The molecule has 2 aromatic heterocycles. The predicted molar refractivity (Wildman–Crippen MR) is 64.7 cm³/mol. The van der Waals surface area contributed by atoms with E-state index in [1.807, 2.05) is 16.0 Å². The quantitative estimate of drug-likeness (QED) is 0.819. The van der Waals surface area contributed by atoms with Gasteiger partial charge in [-0.1, -0.05) is 24.9 Å². The Morgan fingerprint density at radius 1 is 1.60 bits per heavy atom. The largest absolute Gasteiger partial charge is 0.311 e. The summed E-state index contributed by atoms with van der Waals surface area (Å²) in [4.78, 5) is 5.24. The zero-order chi connectivity index (χ0) is 10.7. The highest BCUT2D eigenvalue weighted by atomic mass is 35.5. The summed E-state index contributed by atoms with van der Waals surface area (Å²) in [6.07, 6.45) is 4.42. The van der Waals surface area contributed by atoms with Crippen molar-refractivity contribution in [2.24, 2.45) is 0 Å². The van der Waals surface area contributed by atoms with Crippen LogP contribution in [0.15, 0.2) is 11.6 Å². The summed E-state index contributed by atoms with van der Waals surface area (Å²) in [7, 11) is 0. The summed E-state index contributed by atoms with van der Waals surface area (Å²) in [5, 5.41) is 6.01. The predicted octanol–water partition coefficient (Wildman–Crippen LogP) is 2.94. The molecule has 0 aliphatic rings. The zero-order valence-corrected chi connectivity index (χ0v) is 10.2. The molecule has 15 heavy (non-hydrogen) atoms. The maximum Gasteiger partial charge on any atom is 0.195 e. The molecular weight excluding hydrogens is 230 g/mol. The molecule has 0 radical (unpaired) electrons. The molecule has 2 rings (SSSR count). The highest BCUT2D eigenvalue weighted by Crippen LogP contribution is 2.20. The molecule has 5 heteroatoms. The molecule has 0 saturated carbocycles. The number of aromatic nitrogens is 2. The third-order valence-corrected chi connectivity index (χ3v) is 3.37. The van der Waals surface area contributed by atoms with E-state index in [1.54, 1.807) is 11.3 Å². The molecule has 0 bridgehead atoms. The number of thiazole rings is 1. The number of nitrogens with one attached hydrogen (secondary N) is 1. The van der Waals surface area contributed by atoms with E-state index in [0.717, 1.165) is 23.7 Å². The van der Waals surface area contributed by atoms with Crippen molar-refractivity contribution in [2.45, 2.75) is 26.3 Å². The van der Waals surface area contributed by atoms with E-state index in [1.165, 1.54) is 12.8 Å². The first-order valence-electron chi connectivity index (χ1n) is 5.13. The van der Waals surface area contributed by atoms with Crippen LogP contribution in [-0.4, -0.2) is 15.9 Å². The monoisotopic (exact) mass is 243 g/mol. The lowest BCUT2D eigenvalue weighted by molar-refractivity contribution is 0.631. The van der Waals surface area contributed by atoms with Crippen LogP contribution in [0.3, 0.4) is 0 Å². The Labute approximate surface area is 98.1 Å². The molecule has 0 atom stereocenters. The van der Waals surface area contributed by atoms with Crippen LogP contribution in [0.5, 0.6) is 0 Å². The van der Waals surface area contributed by atoms with Gasteiger partial charge in [0.1, 0.15) is 0 Å². The SMILES string of the molecule is CCCCNCc1c(Cl)nc2sccn12. The van der Waals surface area contributed by atoms with Crippen LogP contribution in [0.1, 0.15) is 25.5 Å². The van der Waals surface area contributed by atoms with Gasteiger partial charge in [-0.2, -0.15) is 0 Å². The third-order valence-electron chi connectivity index (χ3n) is 2.31. The molecule has 0 spiro atoms. The Balaban J connectivity index is 2.05. The fourth-order valence-corrected chi connectivity index (χ4v) is 2.49. The van der Waals surface area contributed by atoms with Crippen LogP contribution in [0.4, 0.5) is 0 Å². The molecule has 0 aliphatic heterocycles. The molecule has 0 saturated heterocycles. The average Bonchev–Trinajstić information content (AvgIpc) is 2.75. The van der Waals surface area contributed by atoms with Crippen molar-refractivity contribution in [3.05, 3.63) is 22.4 Å². The maximum absolute atomic E-state index is 6.06. The standard InChI is InChI=1S/C10H14ClN3S/c1-2-3-4-12-7-8-9(11)13-10-14(8)5-6-15-10/h5-6,12H,2-4,7H2,1H3. The van der Waals surface area contributed by atoms with Gasteiger partial charge in [0, 0.05) is 18.1 Å². The van der Waals surface area contributed by atoms with Crippen LogP contribution in [-0.2, 0) is 6.54 Å². The minimum absolute atomic E-state index is 0.617. The Kier molecular flexibility index (Phi) is 3.61. The summed E-state index contributed by atoms with van der Waals surface area (Å²) < 4.78 is 2.05. The van der Waals surface area contributed by atoms with Gasteiger partial charge in [-0.25, -0.2) is 4.98 Å². The molecule has 2 aromatic rings. The minimum Gasteiger partial charge on any atom is -0.311 e. The minimum atomic E-state index is 0.617. The lowest BCUT2D eigenvalue weighted by Crippen LogP contribution is -2.15. The van der Waals surface area contributed by atoms with Gasteiger partial charge < -0.3 is 5.32 Å². The highest BCUT2D eigenvalue weighted by Gasteiger charge is 2.09. The number of unbranched alkanes of at least 4 members (excludes halogenated alkanes) is 1. The number of nitrogens with zero attached hydrogens (tertiary/aromatic N) is 2. The second-order valence-corrected chi connectivity index (χ2v) is 4.67. The van der Waals surface area contributed by atoms with E-state index < -0.39 is 0 Å². The third kappa shape index (κ3) is 2.33. The average molecular weight is 244 g/mol. The molecular formula is C10H14ClN3S. The first-order chi connectivity index (χ1) is 7.33. The van der Waals surface area contributed by atoms with Gasteiger partial charge in [-0.05, 0) is 13.0 Å². The van der Waals surface area contributed by atoms with E-state index >= 15 is 0 Å². The second-order valence-electron chi connectivity index (χ2n) is 3.44. The molecule has 0 aromatic carbocycles. The number of hydrogen-bond donors (Lipinski definition) is 1. The van der Waals surface area contributed by atoms with E-state index in [2.05, 4.69) is 17.2 Å². The molecule has 0 amide bonds. The van der Waals surface area contributed by atoms with Gasteiger partial charge in [0.2, 0.25) is 0 Å². The summed E-state index contributed by atoms with van der Waals surface area (Å²) in [6.45, 7) is 4.01. The van der Waals surface area contributed by atoms with Crippen molar-refractivity contribution in [1.82, 2.24) is 14.7 Å². The molecule has 0 fully saturated rings. The van der Waals surface area contributed by atoms with Crippen molar-refractivity contribution in [3.63, 3.8) is 0 Å². The number of hydrogen-bond acceptors (Lipinski definition) is 3. The van der Waals surface area contributed by atoms with Crippen molar-refractivity contribution in [1.29, 1.82) is 0 Å². The number of imidazole rings is 1. The molecule has 82 valence electrons. The Morgan fingerprint density at radius 3 is 3.27 bits per heavy atom. The summed E-state index contributed by atoms with van der Waals surface area (Å²) in [5.41, 5.74) is 1.06. The number of halogens is 1. The topological polar surface area (TPSA) is 29.3 Å². The molecule has 0 unspecified atom stereocenters. The van der Waals surface area contributed by atoms with Crippen LogP contribution in [0.2, 0.25) is 5.15 Å². The van der Waals surface area contributed by atoms with Crippen molar-refractivity contribution in [3.8, 4) is 0 Å². The van der Waals surface area contributed by atoms with Crippen molar-refractivity contribution >= 4 is 27.9 Å². The van der Waals surface area contributed by atoms with Crippen LogP contribution >= 0.6 is 22.9 Å². The van der Waals surface area contributed by atoms with Gasteiger partial charge in [0.25, 0.3) is 0 Å². The lowest BCUT2D eigenvalue weighted by atomic mass is 10.3. The smallest absolute Gasteiger partial charge is 0.195 e.